The van der Waals surface area contributed by atoms with Crippen LogP contribution in [-0.2, 0) is 10.0 Å². The molecule has 2 aromatic rings. The van der Waals surface area contributed by atoms with Crippen LogP contribution in [0.15, 0.2) is 43.5 Å². The van der Waals surface area contributed by atoms with Gasteiger partial charge < -0.3 is 5.11 Å². The van der Waals surface area contributed by atoms with Crippen LogP contribution in [0.3, 0.4) is 0 Å². The van der Waals surface area contributed by atoms with Gasteiger partial charge in [-0.3, -0.25) is 4.72 Å². The lowest BCUT2D eigenvalue weighted by Crippen LogP contribution is -2.15. The topological polar surface area (TPSA) is 83.5 Å². The zero-order valence-corrected chi connectivity index (χ0v) is 14.4. The van der Waals surface area contributed by atoms with Gasteiger partial charge in [0.2, 0.25) is 0 Å². The van der Waals surface area contributed by atoms with E-state index < -0.39 is 16.0 Å². The van der Waals surface area contributed by atoms with Gasteiger partial charge in [0.05, 0.1) is 5.69 Å². The SMILES string of the molecule is O=C(O)c1sccc1S(=O)(=O)Nc1ccc(Br)cc1Br. The van der Waals surface area contributed by atoms with E-state index in [9.17, 15) is 13.2 Å². The molecule has 2 rings (SSSR count). The highest BCUT2D eigenvalue weighted by Gasteiger charge is 2.24. The molecule has 0 aliphatic rings. The van der Waals surface area contributed by atoms with Crippen LogP contribution in [0.25, 0.3) is 0 Å². The van der Waals surface area contributed by atoms with E-state index in [1.165, 1.54) is 11.4 Å². The van der Waals surface area contributed by atoms with E-state index in [4.69, 9.17) is 5.11 Å². The molecular weight excluding hydrogens is 434 g/mol. The summed E-state index contributed by atoms with van der Waals surface area (Å²) in [5, 5.41) is 10.4. The summed E-state index contributed by atoms with van der Waals surface area (Å²) in [5.74, 6) is -1.27. The number of sulfonamides is 1. The second-order valence-electron chi connectivity index (χ2n) is 3.65. The largest absolute Gasteiger partial charge is 0.477 e. The highest BCUT2D eigenvalue weighted by molar-refractivity contribution is 9.11. The number of hydrogen-bond acceptors (Lipinski definition) is 4. The molecule has 0 bridgehead atoms. The lowest BCUT2D eigenvalue weighted by Gasteiger charge is -2.09. The predicted molar refractivity (Wildman–Crippen MR) is 83.9 cm³/mol. The Kier molecular flexibility index (Phi) is 4.52. The fourth-order valence-corrected chi connectivity index (χ4v) is 5.06. The Hall–Kier alpha value is -0.900. The van der Waals surface area contributed by atoms with Crippen LogP contribution in [0.4, 0.5) is 5.69 Å². The summed E-state index contributed by atoms with van der Waals surface area (Å²) in [5.41, 5.74) is 0.329. The van der Waals surface area contributed by atoms with Gasteiger partial charge in [-0.2, -0.15) is 0 Å². The Labute approximate surface area is 135 Å². The molecule has 0 unspecified atom stereocenters. The number of aromatic carboxylic acids is 1. The van der Waals surface area contributed by atoms with Crippen LogP contribution in [0.5, 0.6) is 0 Å². The van der Waals surface area contributed by atoms with Crippen molar-refractivity contribution in [1.29, 1.82) is 0 Å². The number of carboxylic acid groups (broad SMARTS) is 1. The van der Waals surface area contributed by atoms with Gasteiger partial charge in [-0.15, -0.1) is 11.3 Å². The average molecular weight is 441 g/mol. The lowest BCUT2D eigenvalue weighted by atomic mass is 10.3. The summed E-state index contributed by atoms with van der Waals surface area (Å²) >= 11 is 7.37. The molecular formula is C11H7Br2NO4S2. The predicted octanol–water partition coefficient (Wildman–Crippen LogP) is 3.77. The second-order valence-corrected chi connectivity index (χ2v) is 7.99. The summed E-state index contributed by atoms with van der Waals surface area (Å²) < 4.78 is 28.1. The van der Waals surface area contributed by atoms with Gasteiger partial charge in [-0.25, -0.2) is 13.2 Å². The van der Waals surface area contributed by atoms with Gasteiger partial charge in [-0.05, 0) is 45.6 Å². The molecule has 5 nitrogen and oxygen atoms in total. The van der Waals surface area contributed by atoms with Gasteiger partial charge in [0.1, 0.15) is 9.77 Å². The minimum Gasteiger partial charge on any atom is -0.477 e. The zero-order valence-electron chi connectivity index (χ0n) is 9.63. The molecule has 9 heteroatoms. The van der Waals surface area contributed by atoms with Crippen molar-refractivity contribution in [2.45, 2.75) is 4.90 Å². The van der Waals surface area contributed by atoms with Crippen molar-refractivity contribution < 1.29 is 18.3 Å². The molecule has 20 heavy (non-hydrogen) atoms. The smallest absolute Gasteiger partial charge is 0.347 e. The van der Waals surface area contributed by atoms with Crippen LogP contribution in [-0.4, -0.2) is 19.5 Å². The normalized spacial score (nSPS) is 11.3. The first-order valence-electron chi connectivity index (χ1n) is 5.10. The lowest BCUT2D eigenvalue weighted by molar-refractivity contribution is 0.0698. The maximum absolute atomic E-state index is 12.2. The first-order valence-corrected chi connectivity index (χ1v) is 9.05. The van der Waals surface area contributed by atoms with Gasteiger partial charge in [0.25, 0.3) is 10.0 Å². The standard InChI is InChI=1S/C11H7Br2NO4S2/c12-6-1-2-8(7(13)5-6)14-20(17,18)9-3-4-19-10(9)11(15)16/h1-5,14H,(H,15,16). The minimum atomic E-state index is -3.95. The first kappa shape index (κ1) is 15.5. The number of thiophene rings is 1. The molecule has 2 N–H and O–H groups in total. The zero-order chi connectivity index (χ0) is 14.9. The summed E-state index contributed by atoms with van der Waals surface area (Å²) in [6.07, 6.45) is 0. The Morgan fingerprint density at radius 3 is 2.55 bits per heavy atom. The molecule has 0 aliphatic carbocycles. The molecule has 0 radical (unpaired) electrons. The number of anilines is 1. The Morgan fingerprint density at radius 1 is 1.25 bits per heavy atom. The molecule has 0 aliphatic heterocycles. The number of carbonyl (C=O) groups is 1. The van der Waals surface area contributed by atoms with E-state index in [1.54, 1.807) is 18.2 Å². The highest BCUT2D eigenvalue weighted by Crippen LogP contribution is 2.30. The molecule has 0 spiro atoms. The molecule has 0 fully saturated rings. The Balaban J connectivity index is 2.41. The maximum Gasteiger partial charge on any atom is 0.347 e. The number of nitrogens with one attached hydrogen (secondary N) is 1. The highest BCUT2D eigenvalue weighted by atomic mass is 79.9. The molecule has 1 aromatic heterocycles. The number of rotatable bonds is 4. The third-order valence-electron chi connectivity index (χ3n) is 2.29. The van der Waals surface area contributed by atoms with Gasteiger partial charge in [-0.1, -0.05) is 15.9 Å². The van der Waals surface area contributed by atoms with E-state index in [0.717, 1.165) is 15.8 Å². The fourth-order valence-electron chi connectivity index (χ4n) is 1.44. The monoisotopic (exact) mass is 439 g/mol. The molecule has 0 saturated carbocycles. The third-order valence-corrected chi connectivity index (χ3v) is 5.88. The Bertz CT molecular complexity index is 770. The molecule has 0 atom stereocenters. The van der Waals surface area contributed by atoms with Crippen molar-refractivity contribution in [2.75, 3.05) is 4.72 Å². The van der Waals surface area contributed by atoms with Crippen molar-refractivity contribution in [3.05, 3.63) is 43.5 Å². The van der Waals surface area contributed by atoms with Crippen molar-refractivity contribution in [3.8, 4) is 0 Å². The minimum absolute atomic E-state index is 0.217. The van der Waals surface area contributed by atoms with Gasteiger partial charge in [0, 0.05) is 8.95 Å². The average Bonchev–Trinajstić information content (AvgIpc) is 2.82. The summed E-state index contributed by atoms with van der Waals surface area (Å²) in [6, 6.07) is 6.19. The number of hydrogen-bond donors (Lipinski definition) is 2. The molecule has 0 amide bonds. The number of benzene rings is 1. The second kappa shape index (κ2) is 5.84. The fraction of sp³-hybridized carbons (Fsp3) is 0. The maximum atomic E-state index is 12.2. The van der Waals surface area contributed by atoms with Gasteiger partial charge in [0.15, 0.2) is 0 Å². The van der Waals surface area contributed by atoms with E-state index in [1.807, 2.05) is 0 Å². The van der Waals surface area contributed by atoms with Crippen LogP contribution in [0.1, 0.15) is 9.67 Å². The van der Waals surface area contributed by atoms with E-state index in [-0.39, 0.29) is 9.77 Å². The summed E-state index contributed by atoms with van der Waals surface area (Å²) in [7, 11) is -3.95. The van der Waals surface area contributed by atoms with Crippen molar-refractivity contribution in [2.24, 2.45) is 0 Å². The van der Waals surface area contributed by atoms with Crippen LogP contribution in [0, 0.1) is 0 Å². The number of carboxylic acids is 1. The van der Waals surface area contributed by atoms with E-state index in [0.29, 0.717) is 10.2 Å². The van der Waals surface area contributed by atoms with E-state index in [2.05, 4.69) is 36.6 Å². The summed E-state index contributed by atoms with van der Waals surface area (Å²) in [4.78, 5) is 10.5. The molecule has 106 valence electrons. The quantitative estimate of drug-likeness (QED) is 0.757. The van der Waals surface area contributed by atoms with Crippen LogP contribution < -0.4 is 4.72 Å². The van der Waals surface area contributed by atoms with Crippen molar-refractivity contribution in [3.63, 3.8) is 0 Å². The molecule has 0 saturated heterocycles. The van der Waals surface area contributed by atoms with E-state index >= 15 is 0 Å². The molecule has 1 aromatic carbocycles. The van der Waals surface area contributed by atoms with Crippen LogP contribution >= 0.6 is 43.2 Å². The molecule has 1 heterocycles. The first-order chi connectivity index (χ1) is 9.31. The van der Waals surface area contributed by atoms with Crippen molar-refractivity contribution in [1.82, 2.24) is 0 Å². The Morgan fingerprint density at radius 2 is 1.95 bits per heavy atom. The van der Waals surface area contributed by atoms with Gasteiger partial charge >= 0.3 is 5.97 Å². The number of halogens is 2. The third kappa shape index (κ3) is 3.22. The van der Waals surface area contributed by atoms with Crippen LogP contribution in [0.2, 0.25) is 0 Å². The summed E-state index contributed by atoms with van der Waals surface area (Å²) in [6.45, 7) is 0. The van der Waals surface area contributed by atoms with Crippen molar-refractivity contribution >= 4 is 64.9 Å².